The summed E-state index contributed by atoms with van der Waals surface area (Å²) in [6.07, 6.45) is 10.8. The first kappa shape index (κ1) is 19.3. The predicted molar refractivity (Wildman–Crippen MR) is 125 cm³/mol. The zero-order valence-corrected chi connectivity index (χ0v) is 18.3. The molecule has 5 heterocycles. The molecule has 0 fully saturated rings. The lowest BCUT2D eigenvalue weighted by molar-refractivity contribution is 0.809. The molecule has 0 amide bonds. The van der Waals surface area contributed by atoms with Crippen molar-refractivity contribution in [1.29, 1.82) is 0 Å². The van der Waals surface area contributed by atoms with Gasteiger partial charge in [0.05, 0.1) is 27.9 Å². The van der Waals surface area contributed by atoms with E-state index in [1.807, 2.05) is 50.4 Å². The van der Waals surface area contributed by atoms with Gasteiger partial charge in [-0.3, -0.25) is 18.7 Å². The van der Waals surface area contributed by atoms with E-state index in [9.17, 15) is 0 Å². The van der Waals surface area contributed by atoms with E-state index in [4.69, 9.17) is 15.0 Å². The minimum absolute atomic E-state index is 0.490. The van der Waals surface area contributed by atoms with Crippen molar-refractivity contribution in [3.05, 3.63) is 79.0 Å². The van der Waals surface area contributed by atoms with Crippen molar-refractivity contribution < 1.29 is 0 Å². The van der Waals surface area contributed by atoms with Crippen molar-refractivity contribution in [3.63, 3.8) is 0 Å². The molecule has 1 aromatic carbocycles. The molecule has 0 atom stereocenters. The van der Waals surface area contributed by atoms with E-state index in [2.05, 4.69) is 40.9 Å². The molecule has 0 saturated carbocycles. The van der Waals surface area contributed by atoms with Crippen LogP contribution in [0.5, 0.6) is 0 Å². The van der Waals surface area contributed by atoms with Gasteiger partial charge in [0.25, 0.3) is 0 Å². The third-order valence-corrected chi connectivity index (χ3v) is 5.69. The SMILES string of the molecule is CCc1cn(-c2nc(-n3cnc(CC)c3)nc(-n3c4ccccc4c4ncccc43)n2)cn1. The smallest absolute Gasteiger partial charge is 0.241 e. The topological polar surface area (TPSA) is 92.1 Å². The number of hydrogen-bond donors (Lipinski definition) is 0. The number of aryl methyl sites for hydroxylation is 2. The molecule has 0 N–H and O–H groups in total. The first-order valence-corrected chi connectivity index (χ1v) is 10.9. The fraction of sp³-hybridized carbons (Fsp3) is 0.167. The van der Waals surface area contributed by atoms with E-state index in [1.165, 1.54) is 0 Å². The van der Waals surface area contributed by atoms with Gasteiger partial charge >= 0.3 is 0 Å². The maximum absolute atomic E-state index is 4.85. The maximum atomic E-state index is 4.85. The number of hydrogen-bond acceptors (Lipinski definition) is 6. The van der Waals surface area contributed by atoms with E-state index in [0.29, 0.717) is 17.8 Å². The van der Waals surface area contributed by atoms with Crippen LogP contribution in [0.15, 0.2) is 67.6 Å². The zero-order valence-electron chi connectivity index (χ0n) is 18.3. The van der Waals surface area contributed by atoms with E-state index in [0.717, 1.165) is 46.2 Å². The van der Waals surface area contributed by atoms with Crippen LogP contribution in [0.25, 0.3) is 39.8 Å². The summed E-state index contributed by atoms with van der Waals surface area (Å²) in [7, 11) is 0. The molecule has 5 aromatic heterocycles. The van der Waals surface area contributed by atoms with Gasteiger partial charge in [0.15, 0.2) is 0 Å². The van der Waals surface area contributed by atoms with Crippen molar-refractivity contribution in [2.24, 2.45) is 0 Å². The van der Waals surface area contributed by atoms with Gasteiger partial charge < -0.3 is 0 Å². The van der Waals surface area contributed by atoms with Crippen LogP contribution in [0.1, 0.15) is 25.2 Å². The van der Waals surface area contributed by atoms with Crippen LogP contribution in [0, 0.1) is 0 Å². The molecular formula is C24H21N9. The number of benzene rings is 1. The Balaban J connectivity index is 1.65. The number of nitrogens with zero attached hydrogens (tertiary/aromatic N) is 9. The molecule has 162 valence electrons. The summed E-state index contributed by atoms with van der Waals surface area (Å²) in [5.41, 5.74) is 4.75. The van der Waals surface area contributed by atoms with Crippen LogP contribution in [-0.4, -0.2) is 43.6 Å². The summed E-state index contributed by atoms with van der Waals surface area (Å²) in [4.78, 5) is 28.0. The summed E-state index contributed by atoms with van der Waals surface area (Å²) in [5, 5.41) is 1.04. The van der Waals surface area contributed by atoms with Crippen LogP contribution >= 0.6 is 0 Å². The number of pyridine rings is 1. The molecule has 0 bridgehead atoms. The Morgan fingerprint density at radius 3 is 1.91 bits per heavy atom. The van der Waals surface area contributed by atoms with E-state index >= 15 is 0 Å². The molecule has 9 heteroatoms. The Bertz CT molecular complexity index is 1490. The summed E-state index contributed by atoms with van der Waals surface area (Å²) >= 11 is 0. The van der Waals surface area contributed by atoms with Crippen LogP contribution in [-0.2, 0) is 12.8 Å². The van der Waals surface area contributed by atoms with Crippen molar-refractivity contribution in [2.75, 3.05) is 0 Å². The first-order valence-electron chi connectivity index (χ1n) is 10.9. The van der Waals surface area contributed by atoms with E-state index in [1.54, 1.807) is 18.9 Å². The molecule has 0 aliphatic carbocycles. The van der Waals surface area contributed by atoms with Gasteiger partial charge in [-0.1, -0.05) is 32.0 Å². The fourth-order valence-corrected chi connectivity index (χ4v) is 3.98. The second kappa shape index (κ2) is 7.63. The quantitative estimate of drug-likeness (QED) is 0.408. The van der Waals surface area contributed by atoms with Gasteiger partial charge in [-0.2, -0.15) is 15.0 Å². The van der Waals surface area contributed by atoms with Gasteiger partial charge in [0, 0.05) is 24.0 Å². The van der Waals surface area contributed by atoms with Gasteiger partial charge in [-0.05, 0) is 31.0 Å². The Morgan fingerprint density at radius 2 is 1.27 bits per heavy atom. The van der Waals surface area contributed by atoms with Crippen LogP contribution in [0.2, 0.25) is 0 Å². The summed E-state index contributed by atoms with van der Waals surface area (Å²) < 4.78 is 5.69. The molecule has 0 radical (unpaired) electrons. The molecule has 6 rings (SSSR count). The number of aromatic nitrogens is 9. The third-order valence-electron chi connectivity index (χ3n) is 5.69. The minimum atomic E-state index is 0.490. The second-order valence-corrected chi connectivity index (χ2v) is 7.71. The molecule has 0 unspecified atom stereocenters. The molecular weight excluding hydrogens is 414 g/mol. The highest BCUT2D eigenvalue weighted by atomic mass is 15.3. The largest absolute Gasteiger partial charge is 0.276 e. The Hall–Kier alpha value is -4.40. The molecule has 6 aromatic rings. The van der Waals surface area contributed by atoms with Gasteiger partial charge in [-0.25, -0.2) is 9.97 Å². The monoisotopic (exact) mass is 435 g/mol. The minimum Gasteiger partial charge on any atom is -0.276 e. The zero-order chi connectivity index (χ0) is 22.4. The number of para-hydroxylation sites is 1. The predicted octanol–water partition coefficient (Wildman–Crippen LogP) is 3.86. The molecule has 0 aliphatic heterocycles. The van der Waals surface area contributed by atoms with E-state index in [-0.39, 0.29) is 0 Å². The Kier molecular flexibility index (Phi) is 4.46. The number of imidazole rings is 2. The van der Waals surface area contributed by atoms with Crippen LogP contribution < -0.4 is 0 Å². The highest BCUT2D eigenvalue weighted by Gasteiger charge is 2.18. The number of rotatable bonds is 5. The average molecular weight is 435 g/mol. The van der Waals surface area contributed by atoms with Gasteiger partial charge in [0.1, 0.15) is 12.7 Å². The van der Waals surface area contributed by atoms with Crippen LogP contribution in [0.4, 0.5) is 0 Å². The van der Waals surface area contributed by atoms with Crippen molar-refractivity contribution in [3.8, 4) is 17.8 Å². The summed E-state index contributed by atoms with van der Waals surface area (Å²) in [5.74, 6) is 1.49. The molecule has 9 nitrogen and oxygen atoms in total. The summed E-state index contributed by atoms with van der Waals surface area (Å²) in [6, 6.07) is 12.1. The molecule has 33 heavy (non-hydrogen) atoms. The molecule has 0 aliphatic rings. The fourth-order valence-electron chi connectivity index (χ4n) is 3.98. The lowest BCUT2D eigenvalue weighted by atomic mass is 10.2. The normalized spacial score (nSPS) is 11.6. The molecule has 0 saturated heterocycles. The van der Waals surface area contributed by atoms with Gasteiger partial charge in [-0.15, -0.1) is 0 Å². The van der Waals surface area contributed by atoms with Gasteiger partial charge in [0.2, 0.25) is 17.8 Å². The van der Waals surface area contributed by atoms with Crippen molar-refractivity contribution in [2.45, 2.75) is 26.7 Å². The van der Waals surface area contributed by atoms with Crippen LogP contribution in [0.3, 0.4) is 0 Å². The highest BCUT2D eigenvalue weighted by Crippen LogP contribution is 2.29. The van der Waals surface area contributed by atoms with Crippen molar-refractivity contribution >= 4 is 21.9 Å². The maximum Gasteiger partial charge on any atom is 0.241 e. The summed E-state index contributed by atoms with van der Waals surface area (Å²) in [6.45, 7) is 4.14. The third kappa shape index (κ3) is 3.16. The van der Waals surface area contributed by atoms with E-state index < -0.39 is 0 Å². The first-order chi connectivity index (χ1) is 16.2. The molecule has 0 spiro atoms. The average Bonchev–Trinajstić information content (AvgIpc) is 3.61. The highest BCUT2D eigenvalue weighted by molar-refractivity contribution is 6.06. The lowest BCUT2D eigenvalue weighted by Gasteiger charge is -2.10. The second-order valence-electron chi connectivity index (χ2n) is 7.71. The number of fused-ring (bicyclic) bond motifs is 3. The Labute approximate surface area is 189 Å². The standard InChI is InChI=1S/C24H21N9/c1-3-16-12-31(14-26-16)22-28-23(32-13-17(4-2)27-15-32)30-24(29-22)33-19-9-6-5-8-18(19)21-20(33)10-7-11-25-21/h5-15H,3-4H2,1-2H3. The Morgan fingerprint density at radius 1 is 0.667 bits per heavy atom. The lowest BCUT2D eigenvalue weighted by Crippen LogP contribution is -2.12. The van der Waals surface area contributed by atoms with Crippen molar-refractivity contribution in [1.82, 2.24) is 43.6 Å².